The minimum atomic E-state index is -0.0177. The fourth-order valence-electron chi connectivity index (χ4n) is 1.99. The molecule has 4 nitrogen and oxygen atoms in total. The SMILES string of the molecule is O=C(CCNc1nc2ccccc2s1)Nc1ccc(Br)cc1. The molecule has 2 N–H and O–H groups in total. The normalized spacial score (nSPS) is 10.6. The number of fused-ring (bicyclic) bond motifs is 1. The van der Waals surface area contributed by atoms with Crippen molar-refractivity contribution in [3.8, 4) is 0 Å². The maximum absolute atomic E-state index is 11.9. The number of hydrogen-bond acceptors (Lipinski definition) is 4. The highest BCUT2D eigenvalue weighted by molar-refractivity contribution is 9.10. The topological polar surface area (TPSA) is 54.0 Å². The Hall–Kier alpha value is -1.92. The Morgan fingerprint density at radius 2 is 1.91 bits per heavy atom. The second kappa shape index (κ2) is 6.89. The summed E-state index contributed by atoms with van der Waals surface area (Å²) in [6, 6.07) is 15.5. The summed E-state index contributed by atoms with van der Waals surface area (Å²) in [5.41, 5.74) is 1.78. The zero-order valence-corrected chi connectivity index (χ0v) is 14.1. The third kappa shape index (κ3) is 3.84. The third-order valence-corrected chi connectivity index (χ3v) is 4.57. The number of para-hydroxylation sites is 1. The van der Waals surface area contributed by atoms with Crippen molar-refractivity contribution in [2.75, 3.05) is 17.2 Å². The minimum absolute atomic E-state index is 0.0177. The van der Waals surface area contributed by atoms with Gasteiger partial charge in [0.15, 0.2) is 5.13 Å². The second-order valence-electron chi connectivity index (χ2n) is 4.72. The molecule has 6 heteroatoms. The minimum Gasteiger partial charge on any atom is -0.361 e. The first-order chi connectivity index (χ1) is 10.7. The van der Waals surface area contributed by atoms with E-state index in [2.05, 4.69) is 31.5 Å². The van der Waals surface area contributed by atoms with Crippen molar-refractivity contribution in [3.05, 3.63) is 53.0 Å². The van der Waals surface area contributed by atoms with Crippen molar-refractivity contribution in [2.45, 2.75) is 6.42 Å². The van der Waals surface area contributed by atoms with Gasteiger partial charge in [-0.25, -0.2) is 4.98 Å². The van der Waals surface area contributed by atoms with Gasteiger partial charge >= 0.3 is 0 Å². The van der Waals surface area contributed by atoms with Gasteiger partial charge in [0.05, 0.1) is 10.2 Å². The van der Waals surface area contributed by atoms with Gasteiger partial charge in [-0.05, 0) is 36.4 Å². The zero-order valence-electron chi connectivity index (χ0n) is 11.7. The number of hydrogen-bond donors (Lipinski definition) is 2. The molecule has 3 rings (SSSR count). The van der Waals surface area contributed by atoms with Crippen LogP contribution in [0.1, 0.15) is 6.42 Å². The van der Waals surface area contributed by atoms with Crippen molar-refractivity contribution in [1.29, 1.82) is 0 Å². The fraction of sp³-hybridized carbons (Fsp3) is 0.125. The van der Waals surface area contributed by atoms with Gasteiger partial charge in [0.25, 0.3) is 0 Å². The molecule has 3 aromatic rings. The molecule has 0 unspecified atom stereocenters. The number of carbonyl (C=O) groups is 1. The first kappa shape index (κ1) is 15.0. The third-order valence-electron chi connectivity index (χ3n) is 3.05. The zero-order chi connectivity index (χ0) is 15.4. The van der Waals surface area contributed by atoms with E-state index >= 15 is 0 Å². The number of nitrogens with zero attached hydrogens (tertiary/aromatic N) is 1. The summed E-state index contributed by atoms with van der Waals surface area (Å²) in [6.07, 6.45) is 0.395. The van der Waals surface area contributed by atoms with E-state index in [1.54, 1.807) is 11.3 Å². The van der Waals surface area contributed by atoms with Crippen LogP contribution in [0.25, 0.3) is 10.2 Å². The summed E-state index contributed by atoms with van der Waals surface area (Å²) in [5.74, 6) is -0.0177. The monoisotopic (exact) mass is 375 g/mol. The van der Waals surface area contributed by atoms with E-state index in [1.807, 2.05) is 48.5 Å². The largest absolute Gasteiger partial charge is 0.361 e. The number of anilines is 2. The quantitative estimate of drug-likeness (QED) is 0.690. The summed E-state index contributed by atoms with van der Waals surface area (Å²) in [4.78, 5) is 16.4. The maximum Gasteiger partial charge on any atom is 0.226 e. The lowest BCUT2D eigenvalue weighted by molar-refractivity contribution is -0.115. The lowest BCUT2D eigenvalue weighted by Crippen LogP contribution is -2.16. The van der Waals surface area contributed by atoms with Crippen LogP contribution in [0.4, 0.5) is 10.8 Å². The van der Waals surface area contributed by atoms with E-state index in [1.165, 1.54) is 0 Å². The summed E-state index contributed by atoms with van der Waals surface area (Å²) in [7, 11) is 0. The molecule has 0 atom stereocenters. The Kier molecular flexibility index (Phi) is 4.70. The van der Waals surface area contributed by atoms with Crippen LogP contribution in [0.2, 0.25) is 0 Å². The second-order valence-corrected chi connectivity index (χ2v) is 6.66. The predicted molar refractivity (Wildman–Crippen MR) is 95.5 cm³/mol. The Morgan fingerprint density at radius 1 is 1.14 bits per heavy atom. The van der Waals surface area contributed by atoms with Crippen molar-refractivity contribution in [2.24, 2.45) is 0 Å². The molecule has 0 saturated heterocycles. The fourth-order valence-corrected chi connectivity index (χ4v) is 3.14. The molecule has 1 aromatic heterocycles. The molecule has 0 fully saturated rings. The molecule has 1 heterocycles. The van der Waals surface area contributed by atoms with Crippen LogP contribution in [-0.4, -0.2) is 17.4 Å². The van der Waals surface area contributed by atoms with Gasteiger partial charge in [-0.1, -0.05) is 39.4 Å². The van der Waals surface area contributed by atoms with E-state index in [0.717, 1.165) is 25.5 Å². The summed E-state index contributed by atoms with van der Waals surface area (Å²) >= 11 is 4.96. The number of carbonyl (C=O) groups excluding carboxylic acids is 1. The van der Waals surface area contributed by atoms with Gasteiger partial charge in [0.1, 0.15) is 0 Å². The van der Waals surface area contributed by atoms with Crippen LogP contribution in [-0.2, 0) is 4.79 Å². The number of rotatable bonds is 5. The predicted octanol–water partition coefficient (Wildman–Crippen LogP) is 4.50. The maximum atomic E-state index is 11.9. The highest BCUT2D eigenvalue weighted by Crippen LogP contribution is 2.25. The van der Waals surface area contributed by atoms with Crippen LogP contribution in [0.3, 0.4) is 0 Å². The summed E-state index contributed by atoms with van der Waals surface area (Å²) in [6.45, 7) is 0.558. The number of aromatic nitrogens is 1. The van der Waals surface area contributed by atoms with Gasteiger partial charge < -0.3 is 10.6 Å². The lowest BCUT2D eigenvalue weighted by atomic mass is 10.3. The first-order valence-corrected chi connectivity index (χ1v) is 8.46. The molecule has 0 aliphatic carbocycles. The molecule has 112 valence electrons. The molecule has 2 aromatic carbocycles. The highest BCUT2D eigenvalue weighted by Gasteiger charge is 2.05. The van der Waals surface area contributed by atoms with Crippen LogP contribution >= 0.6 is 27.3 Å². The van der Waals surface area contributed by atoms with E-state index in [9.17, 15) is 4.79 Å². The van der Waals surface area contributed by atoms with Gasteiger partial charge in [0, 0.05) is 23.1 Å². The van der Waals surface area contributed by atoms with E-state index < -0.39 is 0 Å². The average Bonchev–Trinajstić information content (AvgIpc) is 2.92. The number of thiazole rings is 1. The van der Waals surface area contributed by atoms with Crippen molar-refractivity contribution < 1.29 is 4.79 Å². The lowest BCUT2D eigenvalue weighted by Gasteiger charge is -2.05. The van der Waals surface area contributed by atoms with E-state index in [0.29, 0.717) is 13.0 Å². The molecular weight excluding hydrogens is 362 g/mol. The van der Waals surface area contributed by atoms with Crippen molar-refractivity contribution in [3.63, 3.8) is 0 Å². The van der Waals surface area contributed by atoms with E-state index in [4.69, 9.17) is 0 Å². The Morgan fingerprint density at radius 3 is 2.68 bits per heavy atom. The molecule has 0 radical (unpaired) electrons. The molecule has 0 bridgehead atoms. The Bertz CT molecular complexity index is 752. The average molecular weight is 376 g/mol. The smallest absolute Gasteiger partial charge is 0.226 e. The molecule has 1 amide bonds. The van der Waals surface area contributed by atoms with Crippen LogP contribution in [0.15, 0.2) is 53.0 Å². The van der Waals surface area contributed by atoms with Gasteiger partial charge in [-0.2, -0.15) is 0 Å². The number of nitrogens with one attached hydrogen (secondary N) is 2. The molecule has 22 heavy (non-hydrogen) atoms. The highest BCUT2D eigenvalue weighted by atomic mass is 79.9. The number of amides is 1. The van der Waals surface area contributed by atoms with Gasteiger partial charge in [0.2, 0.25) is 5.91 Å². The Balaban J connectivity index is 1.49. The van der Waals surface area contributed by atoms with Crippen molar-refractivity contribution in [1.82, 2.24) is 4.98 Å². The van der Waals surface area contributed by atoms with Crippen molar-refractivity contribution >= 4 is 54.2 Å². The van der Waals surface area contributed by atoms with Crippen LogP contribution < -0.4 is 10.6 Å². The molecular formula is C16H14BrN3OS. The van der Waals surface area contributed by atoms with Crippen LogP contribution in [0, 0.1) is 0 Å². The Labute approximate surface area is 140 Å². The van der Waals surface area contributed by atoms with Gasteiger partial charge in [-0.3, -0.25) is 4.79 Å². The number of benzene rings is 2. The molecule has 0 spiro atoms. The standard InChI is InChI=1S/C16H14BrN3OS/c17-11-5-7-12(8-6-11)19-15(21)9-10-18-16-20-13-3-1-2-4-14(13)22-16/h1-8H,9-10H2,(H,18,20)(H,19,21). The van der Waals surface area contributed by atoms with Crippen LogP contribution in [0.5, 0.6) is 0 Å². The molecule has 0 aliphatic rings. The first-order valence-electron chi connectivity index (χ1n) is 6.85. The summed E-state index contributed by atoms with van der Waals surface area (Å²) < 4.78 is 2.13. The van der Waals surface area contributed by atoms with Gasteiger partial charge in [-0.15, -0.1) is 0 Å². The van der Waals surface area contributed by atoms with E-state index in [-0.39, 0.29) is 5.91 Å². The molecule has 0 aliphatic heterocycles. The summed E-state index contributed by atoms with van der Waals surface area (Å²) in [5, 5.41) is 6.91. The molecule has 0 saturated carbocycles. The number of halogens is 1.